The van der Waals surface area contributed by atoms with Crippen LogP contribution in [0, 0.1) is 0 Å². The monoisotopic (exact) mass is 445 g/mol. The molecule has 1 aliphatic heterocycles. The number of benzene rings is 1. The first kappa shape index (κ1) is 21.3. The molecule has 10 heteroatoms. The Bertz CT molecular complexity index is 779. The molecule has 1 unspecified atom stereocenters. The lowest BCUT2D eigenvalue weighted by Crippen LogP contribution is -2.19. The van der Waals surface area contributed by atoms with Gasteiger partial charge in [0.1, 0.15) is 0 Å². The highest BCUT2D eigenvalue weighted by Gasteiger charge is 2.26. The molecule has 3 rings (SSSR count). The van der Waals surface area contributed by atoms with Crippen LogP contribution in [0.5, 0.6) is 0 Å². The maximum absolute atomic E-state index is 12.8. The summed E-state index contributed by atoms with van der Waals surface area (Å²) in [5, 5.41) is 7.06. The molecular weight excluding hydrogens is 421 g/mol. The van der Waals surface area contributed by atoms with Crippen LogP contribution in [-0.4, -0.2) is 34.3 Å². The predicted octanol–water partition coefficient (Wildman–Crippen LogP) is 5.59. The smallest absolute Gasteiger partial charge is 0.327 e. The third kappa shape index (κ3) is 6.02. The number of nitrogens with one attached hydrogen (secondary N) is 1. The minimum absolute atomic E-state index is 0.0582. The summed E-state index contributed by atoms with van der Waals surface area (Å²) in [7, 11) is 0. The molecule has 0 bridgehead atoms. The van der Waals surface area contributed by atoms with Gasteiger partial charge < -0.3 is 9.05 Å². The van der Waals surface area contributed by atoms with Crippen molar-refractivity contribution in [3.05, 3.63) is 35.7 Å². The summed E-state index contributed by atoms with van der Waals surface area (Å²) >= 11 is 5.15. The van der Waals surface area contributed by atoms with Crippen LogP contribution in [0.4, 0.5) is 0 Å². The molecule has 1 aromatic carbocycles. The number of nitrogens with zero attached hydrogens (tertiary/aromatic N) is 2. The molecule has 1 aromatic heterocycles. The van der Waals surface area contributed by atoms with Crippen molar-refractivity contribution in [2.24, 2.45) is 0 Å². The average Bonchev–Trinajstić information content (AvgIpc) is 3.32. The van der Waals surface area contributed by atoms with Gasteiger partial charge >= 0.3 is 6.72 Å². The number of rotatable bonds is 9. The first-order chi connectivity index (χ1) is 13.0. The van der Waals surface area contributed by atoms with Gasteiger partial charge in [-0.2, -0.15) is 4.98 Å². The van der Waals surface area contributed by atoms with Gasteiger partial charge in [-0.05, 0) is 37.7 Å². The summed E-state index contributed by atoms with van der Waals surface area (Å²) < 4.78 is 24.1. The third-order valence-corrected chi connectivity index (χ3v) is 10.9. The van der Waals surface area contributed by atoms with Crippen LogP contribution >= 0.6 is 41.6 Å². The summed E-state index contributed by atoms with van der Waals surface area (Å²) in [6.07, 6.45) is 0. The second-order valence-electron chi connectivity index (χ2n) is 6.18. The van der Waals surface area contributed by atoms with Crippen molar-refractivity contribution < 1.29 is 13.6 Å². The summed E-state index contributed by atoms with van der Waals surface area (Å²) in [6, 6.07) is 8.38. The topological polar surface area (TPSA) is 77.2 Å². The first-order valence-corrected chi connectivity index (χ1v) is 14.1. The van der Waals surface area contributed by atoms with E-state index in [0.29, 0.717) is 28.7 Å². The number of thioether (sulfide) groups is 2. The van der Waals surface area contributed by atoms with E-state index < -0.39 is 6.72 Å². The van der Waals surface area contributed by atoms with E-state index in [-0.39, 0.29) is 6.04 Å². The van der Waals surface area contributed by atoms with Crippen molar-refractivity contribution >= 4 is 41.6 Å². The third-order valence-electron chi connectivity index (χ3n) is 3.60. The van der Waals surface area contributed by atoms with E-state index in [9.17, 15) is 4.57 Å². The Labute approximate surface area is 172 Å². The molecule has 148 valence electrons. The molecule has 27 heavy (non-hydrogen) atoms. The Kier molecular flexibility index (Phi) is 7.76. The lowest BCUT2D eigenvalue weighted by molar-refractivity contribution is 0.335. The molecule has 0 amide bonds. The maximum atomic E-state index is 12.8. The van der Waals surface area contributed by atoms with E-state index in [4.69, 9.17) is 9.05 Å². The molecule has 2 heterocycles. The van der Waals surface area contributed by atoms with E-state index in [2.05, 4.69) is 27.4 Å². The van der Waals surface area contributed by atoms with Crippen molar-refractivity contribution in [1.82, 2.24) is 15.2 Å². The van der Waals surface area contributed by atoms with Crippen LogP contribution in [-0.2, 0) is 14.8 Å². The molecule has 1 atom stereocenters. The molecule has 1 aliphatic rings. The molecule has 1 N–H and O–H groups in total. The zero-order valence-corrected chi connectivity index (χ0v) is 18.9. The number of aromatic nitrogens is 2. The molecule has 0 saturated carbocycles. The van der Waals surface area contributed by atoms with Crippen LogP contribution < -0.4 is 5.09 Å². The van der Waals surface area contributed by atoms with Gasteiger partial charge in [0.05, 0.1) is 16.9 Å². The fraction of sp³-hybridized carbons (Fsp3) is 0.529. The van der Waals surface area contributed by atoms with Crippen LogP contribution in [0.3, 0.4) is 0 Å². The van der Waals surface area contributed by atoms with Gasteiger partial charge in [0, 0.05) is 23.1 Å². The Morgan fingerprint density at radius 2 is 2.04 bits per heavy atom. The highest BCUT2D eigenvalue weighted by molar-refractivity contribution is 8.55. The van der Waals surface area contributed by atoms with Crippen LogP contribution in [0.15, 0.2) is 28.8 Å². The lowest BCUT2D eigenvalue weighted by atomic mass is 10.1. The quantitative estimate of drug-likeness (QED) is 0.497. The zero-order valence-electron chi connectivity index (χ0n) is 15.6. The van der Waals surface area contributed by atoms with Gasteiger partial charge in [-0.25, -0.2) is 5.09 Å². The van der Waals surface area contributed by atoms with Gasteiger partial charge in [-0.3, -0.25) is 4.57 Å². The summed E-state index contributed by atoms with van der Waals surface area (Å²) in [4.78, 5) is 4.44. The lowest BCUT2D eigenvalue weighted by Gasteiger charge is -2.19. The van der Waals surface area contributed by atoms with Crippen molar-refractivity contribution in [2.45, 2.75) is 37.1 Å². The van der Waals surface area contributed by atoms with Gasteiger partial charge in [0.25, 0.3) is 0 Å². The van der Waals surface area contributed by atoms with Crippen LogP contribution in [0.2, 0.25) is 0 Å². The van der Waals surface area contributed by atoms with Gasteiger partial charge in [-0.1, -0.05) is 29.4 Å². The predicted molar refractivity (Wildman–Crippen MR) is 116 cm³/mol. The summed E-state index contributed by atoms with van der Waals surface area (Å²) in [6.45, 7) is 3.08. The van der Waals surface area contributed by atoms with Gasteiger partial charge in [0.15, 0.2) is 0 Å². The SMILES string of the molecule is CCOP(=O)(NC(C)C)SCc1nc(-c2ccc(C3SCCS3)cc2)no1. The average molecular weight is 446 g/mol. The molecule has 6 nitrogen and oxygen atoms in total. The van der Waals surface area contributed by atoms with E-state index in [1.807, 2.05) is 56.4 Å². The Morgan fingerprint density at radius 1 is 1.33 bits per heavy atom. The first-order valence-electron chi connectivity index (χ1n) is 8.82. The largest absolute Gasteiger partial charge is 0.338 e. The van der Waals surface area contributed by atoms with E-state index >= 15 is 0 Å². The Hall–Kier alpha value is -0.440. The van der Waals surface area contributed by atoms with Crippen molar-refractivity contribution in [2.75, 3.05) is 18.1 Å². The Morgan fingerprint density at radius 3 is 2.67 bits per heavy atom. The van der Waals surface area contributed by atoms with Gasteiger partial charge in [-0.15, -0.1) is 23.5 Å². The fourth-order valence-corrected chi connectivity index (χ4v) is 9.20. The molecule has 1 saturated heterocycles. The highest BCUT2D eigenvalue weighted by atomic mass is 32.7. The Balaban J connectivity index is 1.63. The summed E-state index contributed by atoms with van der Waals surface area (Å²) in [5.41, 5.74) is 2.24. The maximum Gasteiger partial charge on any atom is 0.327 e. The van der Waals surface area contributed by atoms with Crippen molar-refractivity contribution in [1.29, 1.82) is 0 Å². The van der Waals surface area contributed by atoms with E-state index in [0.717, 1.165) is 5.56 Å². The molecular formula is C17H24N3O3PS3. The minimum atomic E-state index is -2.99. The molecule has 2 aromatic rings. The van der Waals surface area contributed by atoms with E-state index in [1.165, 1.54) is 28.5 Å². The fourth-order valence-electron chi connectivity index (χ4n) is 2.51. The number of hydrogen-bond donors (Lipinski definition) is 1. The molecule has 0 spiro atoms. The normalized spacial score (nSPS) is 17.5. The van der Waals surface area contributed by atoms with Crippen molar-refractivity contribution in [3.63, 3.8) is 0 Å². The summed E-state index contributed by atoms with van der Waals surface area (Å²) in [5.74, 6) is 3.73. The van der Waals surface area contributed by atoms with Gasteiger partial charge in [0.2, 0.25) is 11.7 Å². The second kappa shape index (κ2) is 9.85. The minimum Gasteiger partial charge on any atom is -0.338 e. The van der Waals surface area contributed by atoms with E-state index in [1.54, 1.807) is 0 Å². The number of hydrogen-bond acceptors (Lipinski definition) is 8. The zero-order chi connectivity index (χ0) is 19.3. The highest BCUT2D eigenvalue weighted by Crippen LogP contribution is 2.57. The molecule has 1 fully saturated rings. The van der Waals surface area contributed by atoms with Crippen molar-refractivity contribution in [3.8, 4) is 11.4 Å². The van der Waals surface area contributed by atoms with Crippen LogP contribution in [0.25, 0.3) is 11.4 Å². The standard InChI is InChI=1S/C17H24N3O3PS3/c1-4-22-24(21,20-12(2)3)27-11-15-18-16(19-23-15)13-5-7-14(8-6-13)17-25-9-10-26-17/h5-8,12,17H,4,9-11H2,1-3H3,(H,20,21). The molecule has 0 radical (unpaired) electrons. The van der Waals surface area contributed by atoms with Crippen LogP contribution in [0.1, 0.15) is 36.8 Å². The second-order valence-corrected chi connectivity index (χ2v) is 13.2. The molecule has 0 aliphatic carbocycles.